The molecule has 5 heterocycles. The normalized spacial score (nSPS) is 17.8. The fraction of sp³-hybridized carbons (Fsp3) is 0.273. The third kappa shape index (κ3) is 5.72. The van der Waals surface area contributed by atoms with Crippen LogP contribution in [0.5, 0.6) is 11.5 Å². The Morgan fingerprint density at radius 2 is 1.71 bits per heavy atom. The lowest BCUT2D eigenvalue weighted by Gasteiger charge is -2.32. The molecule has 3 aromatic heterocycles. The SMILES string of the molecule is Nc1ncnc2c1c(-c1ccc(Oc3ccccc3)cc1)nn2C1CCN(Cc2cncc(C3CCC(=O)NC3=O)c2F)CC1. The van der Waals surface area contributed by atoms with Crippen LogP contribution in [0.3, 0.4) is 0 Å². The molecule has 12 heteroatoms. The number of para-hydroxylation sites is 1. The van der Waals surface area contributed by atoms with Gasteiger partial charge in [-0.3, -0.25) is 24.8 Å². The van der Waals surface area contributed by atoms with E-state index in [0.717, 1.165) is 24.2 Å². The number of carbonyl (C=O) groups excluding carboxylic acids is 2. The molecule has 1 unspecified atom stereocenters. The highest BCUT2D eigenvalue weighted by atomic mass is 19.1. The summed E-state index contributed by atoms with van der Waals surface area (Å²) < 4.78 is 23.4. The van der Waals surface area contributed by atoms with Crippen molar-refractivity contribution in [3.63, 3.8) is 0 Å². The molecule has 7 rings (SSSR count). The number of ether oxygens (including phenoxy) is 1. The van der Waals surface area contributed by atoms with Gasteiger partial charge >= 0.3 is 0 Å². The van der Waals surface area contributed by atoms with Gasteiger partial charge in [-0.2, -0.15) is 5.10 Å². The van der Waals surface area contributed by atoms with Crippen LogP contribution in [0.2, 0.25) is 0 Å². The number of imide groups is 1. The van der Waals surface area contributed by atoms with E-state index in [1.54, 1.807) is 0 Å². The van der Waals surface area contributed by atoms with Gasteiger partial charge in [-0.15, -0.1) is 0 Å². The Morgan fingerprint density at radius 3 is 2.47 bits per heavy atom. The number of hydrogen-bond acceptors (Lipinski definition) is 9. The minimum Gasteiger partial charge on any atom is -0.457 e. The van der Waals surface area contributed by atoms with Crippen molar-refractivity contribution in [2.75, 3.05) is 18.8 Å². The molecule has 0 radical (unpaired) electrons. The van der Waals surface area contributed by atoms with Gasteiger partial charge in [0.25, 0.3) is 0 Å². The first-order chi connectivity index (χ1) is 21.9. The van der Waals surface area contributed by atoms with Crippen LogP contribution in [0.1, 0.15) is 48.8 Å². The molecule has 1 atom stereocenters. The molecule has 2 amide bonds. The van der Waals surface area contributed by atoms with Gasteiger partial charge in [0, 0.05) is 55.1 Å². The van der Waals surface area contributed by atoms with Crippen molar-refractivity contribution in [2.45, 2.75) is 44.2 Å². The maximum absolute atomic E-state index is 15.6. The van der Waals surface area contributed by atoms with Crippen molar-refractivity contribution in [3.05, 3.63) is 90.3 Å². The van der Waals surface area contributed by atoms with Gasteiger partial charge in [-0.05, 0) is 55.7 Å². The van der Waals surface area contributed by atoms with Crippen molar-refractivity contribution < 1.29 is 18.7 Å². The second-order valence-electron chi connectivity index (χ2n) is 11.4. The lowest BCUT2D eigenvalue weighted by Crippen LogP contribution is -2.40. The molecule has 5 aromatic rings. The highest BCUT2D eigenvalue weighted by molar-refractivity contribution is 6.01. The molecule has 2 aromatic carbocycles. The fourth-order valence-corrected chi connectivity index (χ4v) is 6.17. The number of nitrogen functional groups attached to an aromatic ring is 1. The highest BCUT2D eigenvalue weighted by Gasteiger charge is 2.32. The number of fused-ring (bicyclic) bond motifs is 1. The molecule has 11 nitrogen and oxygen atoms in total. The standard InChI is InChI=1S/C33H31FN8O3/c34-29-21(16-36-17-26(29)25-10-11-27(43)39-33(25)44)18-41-14-12-22(13-15-41)42-32-28(31(35)37-19-38-32)30(40-42)20-6-8-24(9-7-20)45-23-4-2-1-3-5-23/h1-9,16-17,19,22,25H,10-15,18H2,(H2,35,37,38)(H,39,43,44). The van der Waals surface area contributed by atoms with Crippen LogP contribution in [-0.2, 0) is 16.1 Å². The molecule has 0 spiro atoms. The summed E-state index contributed by atoms with van der Waals surface area (Å²) in [5, 5.41) is 8.01. The Hall–Kier alpha value is -5.23. The predicted molar refractivity (Wildman–Crippen MR) is 165 cm³/mol. The largest absolute Gasteiger partial charge is 0.457 e. The summed E-state index contributed by atoms with van der Waals surface area (Å²) in [6, 6.07) is 17.3. The quantitative estimate of drug-likeness (QED) is 0.251. The van der Waals surface area contributed by atoms with Crippen molar-refractivity contribution in [1.82, 2.24) is 34.9 Å². The molecule has 2 saturated heterocycles. The zero-order chi connectivity index (χ0) is 30.9. The van der Waals surface area contributed by atoms with Gasteiger partial charge in [0.2, 0.25) is 11.8 Å². The number of benzene rings is 2. The van der Waals surface area contributed by atoms with E-state index in [2.05, 4.69) is 25.2 Å². The number of piperidine rings is 2. The highest BCUT2D eigenvalue weighted by Crippen LogP contribution is 2.36. The summed E-state index contributed by atoms with van der Waals surface area (Å²) in [6.45, 7) is 1.77. The summed E-state index contributed by atoms with van der Waals surface area (Å²) in [5.74, 6) is -0.133. The van der Waals surface area contributed by atoms with Crippen molar-refractivity contribution in [1.29, 1.82) is 0 Å². The number of aromatic nitrogens is 5. The Morgan fingerprint density at radius 1 is 0.956 bits per heavy atom. The van der Waals surface area contributed by atoms with Crippen LogP contribution in [0.25, 0.3) is 22.3 Å². The van der Waals surface area contributed by atoms with Crippen LogP contribution in [0.4, 0.5) is 10.2 Å². The maximum atomic E-state index is 15.6. The minimum absolute atomic E-state index is 0.0604. The third-order valence-corrected chi connectivity index (χ3v) is 8.52. The molecular weight excluding hydrogens is 575 g/mol. The summed E-state index contributed by atoms with van der Waals surface area (Å²) in [5.41, 5.74) is 9.27. The zero-order valence-corrected chi connectivity index (χ0v) is 24.4. The molecular formula is C33H31FN8O3. The van der Waals surface area contributed by atoms with E-state index in [-0.39, 0.29) is 30.4 Å². The van der Waals surface area contributed by atoms with E-state index >= 15 is 4.39 Å². The summed E-state index contributed by atoms with van der Waals surface area (Å²) in [4.78, 5) is 39.1. The molecule has 2 fully saturated rings. The van der Waals surface area contributed by atoms with Crippen LogP contribution in [-0.4, -0.2) is 54.5 Å². The number of pyridine rings is 1. The first-order valence-corrected chi connectivity index (χ1v) is 14.9. The fourth-order valence-electron chi connectivity index (χ4n) is 6.17. The van der Waals surface area contributed by atoms with Crippen molar-refractivity contribution >= 4 is 28.7 Å². The van der Waals surface area contributed by atoms with Gasteiger partial charge in [0.15, 0.2) is 5.65 Å². The van der Waals surface area contributed by atoms with Gasteiger partial charge < -0.3 is 10.5 Å². The summed E-state index contributed by atoms with van der Waals surface area (Å²) in [7, 11) is 0. The van der Waals surface area contributed by atoms with E-state index in [0.29, 0.717) is 53.5 Å². The van der Waals surface area contributed by atoms with Gasteiger partial charge in [0.05, 0.1) is 17.3 Å². The summed E-state index contributed by atoms with van der Waals surface area (Å²) in [6.07, 6.45) is 6.36. The lowest BCUT2D eigenvalue weighted by atomic mass is 9.90. The number of hydrogen-bond donors (Lipinski definition) is 2. The Labute approximate surface area is 258 Å². The number of nitrogens with zero attached hydrogens (tertiary/aromatic N) is 6. The van der Waals surface area contributed by atoms with E-state index < -0.39 is 17.6 Å². The molecule has 2 aliphatic rings. The molecule has 0 bridgehead atoms. The summed E-state index contributed by atoms with van der Waals surface area (Å²) >= 11 is 0. The van der Waals surface area contributed by atoms with E-state index in [4.69, 9.17) is 15.6 Å². The number of amides is 2. The third-order valence-electron chi connectivity index (χ3n) is 8.52. The number of rotatable bonds is 7. The number of nitrogens with two attached hydrogens (primary N) is 1. The van der Waals surface area contributed by atoms with Gasteiger partial charge in [-0.25, -0.2) is 19.0 Å². The molecule has 45 heavy (non-hydrogen) atoms. The number of anilines is 1. The first kappa shape index (κ1) is 28.5. The molecule has 0 saturated carbocycles. The van der Waals surface area contributed by atoms with Crippen LogP contribution < -0.4 is 15.8 Å². The van der Waals surface area contributed by atoms with E-state index in [1.165, 1.54) is 18.7 Å². The topological polar surface area (TPSA) is 141 Å². The number of carbonyl (C=O) groups is 2. The Bertz CT molecular complexity index is 1870. The Kier molecular flexibility index (Phi) is 7.64. The number of halogens is 1. The van der Waals surface area contributed by atoms with Crippen molar-refractivity contribution in [3.8, 4) is 22.8 Å². The number of nitrogens with one attached hydrogen (secondary N) is 1. The smallest absolute Gasteiger partial charge is 0.234 e. The average Bonchev–Trinajstić information content (AvgIpc) is 3.45. The number of likely N-dealkylation sites (tertiary alicyclic amines) is 1. The maximum Gasteiger partial charge on any atom is 0.234 e. The monoisotopic (exact) mass is 606 g/mol. The van der Waals surface area contributed by atoms with Crippen LogP contribution >= 0.6 is 0 Å². The predicted octanol–water partition coefficient (Wildman–Crippen LogP) is 4.76. The second kappa shape index (κ2) is 12.0. The van der Waals surface area contributed by atoms with E-state index in [1.807, 2.05) is 59.3 Å². The van der Waals surface area contributed by atoms with Crippen molar-refractivity contribution in [2.24, 2.45) is 0 Å². The van der Waals surface area contributed by atoms with E-state index in [9.17, 15) is 9.59 Å². The molecule has 228 valence electrons. The molecule has 0 aliphatic carbocycles. The van der Waals surface area contributed by atoms with Gasteiger partial charge in [0.1, 0.15) is 35.2 Å². The molecule has 2 aliphatic heterocycles. The molecule has 3 N–H and O–H groups in total. The first-order valence-electron chi connectivity index (χ1n) is 14.9. The van der Waals surface area contributed by atoms with Crippen LogP contribution in [0.15, 0.2) is 73.3 Å². The lowest BCUT2D eigenvalue weighted by molar-refractivity contribution is -0.134. The second-order valence-corrected chi connectivity index (χ2v) is 11.4. The van der Waals surface area contributed by atoms with Crippen LogP contribution in [0, 0.1) is 5.82 Å². The van der Waals surface area contributed by atoms with Gasteiger partial charge in [-0.1, -0.05) is 18.2 Å². The zero-order valence-electron chi connectivity index (χ0n) is 24.4. The average molecular weight is 607 g/mol. The minimum atomic E-state index is -0.717. The Balaban J connectivity index is 1.07.